The fraction of sp³-hybridized carbons (Fsp3) is 1.00. The minimum Gasteiger partial charge on any atom is -0.298 e. The normalized spacial score (nSPS) is 45.4. The molecule has 28 heavy (non-hydrogen) atoms. The van der Waals surface area contributed by atoms with Crippen LogP contribution in [0.2, 0.25) is 0 Å². The van der Waals surface area contributed by atoms with Crippen LogP contribution in [-0.2, 0) is 0 Å². The summed E-state index contributed by atoms with van der Waals surface area (Å²) in [4.78, 5) is 2.96. The van der Waals surface area contributed by atoms with Crippen LogP contribution in [0.3, 0.4) is 0 Å². The number of alkyl halides is 1. The van der Waals surface area contributed by atoms with E-state index in [-0.39, 0.29) is 0 Å². The Hall–Kier alpha value is 0.690. The number of hydrogen-bond donors (Lipinski definition) is 0. The van der Waals surface area contributed by atoms with E-state index in [9.17, 15) is 0 Å². The number of nitrogens with zero attached hydrogens (tertiary/aromatic N) is 1. The molecular weight excluding hydrogens is 453 g/mol. The lowest BCUT2D eigenvalue weighted by Gasteiger charge is -2.45. The Kier molecular flexibility index (Phi) is 8.62. The minimum atomic E-state index is 0.666. The zero-order chi connectivity index (χ0) is 20.3. The molecule has 1 saturated heterocycles. The second kappa shape index (κ2) is 10.3. The molecule has 1 nitrogen and oxygen atoms in total. The van der Waals surface area contributed by atoms with E-state index in [2.05, 4.69) is 62.1 Å². The Morgan fingerprint density at radius 2 is 1.61 bits per heavy atom. The number of halogens is 1. The van der Waals surface area contributed by atoms with Crippen molar-refractivity contribution in [3.05, 3.63) is 0 Å². The number of fused-ring (bicyclic) bond motifs is 1. The minimum absolute atomic E-state index is 0.666. The molecule has 1 aliphatic heterocycles. The topological polar surface area (TPSA) is 3.24 Å². The molecule has 2 aliphatic carbocycles. The van der Waals surface area contributed by atoms with Gasteiger partial charge in [0.1, 0.15) is 0 Å². The number of rotatable bonds is 5. The molecule has 2 saturated carbocycles. The van der Waals surface area contributed by atoms with Gasteiger partial charge >= 0.3 is 0 Å². The maximum Gasteiger partial charge on any atom is 0.0101 e. The van der Waals surface area contributed by atoms with Gasteiger partial charge in [0, 0.05) is 16.5 Å². The summed E-state index contributed by atoms with van der Waals surface area (Å²) in [5.74, 6) is 4.87. The van der Waals surface area contributed by atoms with Gasteiger partial charge in [-0.1, -0.05) is 70.1 Å². The van der Waals surface area contributed by atoms with Crippen LogP contribution in [-0.4, -0.2) is 28.0 Å². The van der Waals surface area contributed by atoms with Crippen molar-refractivity contribution in [2.75, 3.05) is 11.0 Å². The van der Waals surface area contributed by atoms with Gasteiger partial charge in [-0.25, -0.2) is 0 Å². The molecule has 8 atom stereocenters. The van der Waals surface area contributed by atoms with Gasteiger partial charge in [0.15, 0.2) is 0 Å². The van der Waals surface area contributed by atoms with Crippen molar-refractivity contribution in [1.29, 1.82) is 0 Å². The summed E-state index contributed by atoms with van der Waals surface area (Å²) in [7, 11) is 0. The van der Waals surface area contributed by atoms with E-state index in [1.807, 2.05) is 0 Å². The fourth-order valence-electron chi connectivity index (χ4n) is 7.54. The van der Waals surface area contributed by atoms with Crippen LogP contribution in [0.4, 0.5) is 0 Å². The van der Waals surface area contributed by atoms with E-state index in [1.165, 1.54) is 68.8 Å². The van der Waals surface area contributed by atoms with E-state index < -0.39 is 0 Å². The molecule has 3 fully saturated rings. The maximum absolute atomic E-state index is 2.96. The standard InChI is InChI=1S/C26H48IN/c1-6-9-24-14-21-11-10-19(4)20(5)12-13-26(18-27)16-22(25(21)17-26)15-23(7-2)28(24)8-3/h19-25H,6-18H2,1-5H3/t19-,20+,21?,22?,23?,24?,25?,26?/m1/s1. The van der Waals surface area contributed by atoms with E-state index in [1.54, 1.807) is 12.8 Å². The zero-order valence-corrected chi connectivity index (χ0v) is 21.7. The molecule has 0 aromatic rings. The third-order valence-electron chi connectivity index (χ3n) is 9.50. The van der Waals surface area contributed by atoms with Crippen molar-refractivity contribution in [1.82, 2.24) is 4.90 Å². The summed E-state index contributed by atoms with van der Waals surface area (Å²) in [5.41, 5.74) is 0.666. The summed E-state index contributed by atoms with van der Waals surface area (Å²) >= 11 is 2.76. The van der Waals surface area contributed by atoms with Gasteiger partial charge in [-0.2, -0.15) is 0 Å². The highest BCUT2D eigenvalue weighted by Crippen LogP contribution is 2.57. The summed E-state index contributed by atoms with van der Waals surface area (Å²) in [6.45, 7) is 13.7. The van der Waals surface area contributed by atoms with Crippen LogP contribution in [0.15, 0.2) is 0 Å². The second-order valence-corrected chi connectivity index (χ2v) is 11.9. The molecule has 164 valence electrons. The average molecular weight is 502 g/mol. The first kappa shape index (κ1) is 23.4. The van der Waals surface area contributed by atoms with E-state index in [0.717, 1.165) is 41.7 Å². The van der Waals surface area contributed by atoms with Gasteiger partial charge in [-0.05, 0) is 99.3 Å². The SMILES string of the molecule is CCCC1CC2CC[C@@H](C)[C@@H](C)CCC3(CI)CC(CC(CC)N1CC)C2C3. The average Bonchev–Trinajstić information content (AvgIpc) is 3.05. The molecule has 0 amide bonds. The van der Waals surface area contributed by atoms with Gasteiger partial charge < -0.3 is 0 Å². The molecule has 2 heteroatoms. The van der Waals surface area contributed by atoms with Crippen molar-refractivity contribution in [3.8, 4) is 0 Å². The summed E-state index contributed by atoms with van der Waals surface area (Å²) in [6, 6.07) is 1.68. The van der Waals surface area contributed by atoms with E-state index in [4.69, 9.17) is 0 Å². The van der Waals surface area contributed by atoms with Crippen LogP contribution in [0.5, 0.6) is 0 Å². The molecule has 0 N–H and O–H groups in total. The summed E-state index contributed by atoms with van der Waals surface area (Å²) in [5, 5.41) is 0. The highest BCUT2D eigenvalue weighted by molar-refractivity contribution is 14.1. The molecule has 6 unspecified atom stereocenters. The van der Waals surface area contributed by atoms with Gasteiger partial charge in [0.25, 0.3) is 0 Å². The molecule has 0 aromatic heterocycles. The van der Waals surface area contributed by atoms with Crippen LogP contribution < -0.4 is 0 Å². The van der Waals surface area contributed by atoms with E-state index in [0.29, 0.717) is 5.41 Å². The van der Waals surface area contributed by atoms with Crippen LogP contribution >= 0.6 is 22.6 Å². The summed E-state index contributed by atoms with van der Waals surface area (Å²) < 4.78 is 1.40. The molecule has 0 aromatic carbocycles. The maximum atomic E-state index is 2.96. The van der Waals surface area contributed by atoms with Crippen molar-refractivity contribution in [3.63, 3.8) is 0 Å². The number of likely N-dealkylation sites (tertiary alicyclic amines) is 1. The predicted molar refractivity (Wildman–Crippen MR) is 132 cm³/mol. The fourth-order valence-corrected chi connectivity index (χ4v) is 8.54. The smallest absolute Gasteiger partial charge is 0.0101 e. The summed E-state index contributed by atoms with van der Waals surface area (Å²) in [6.07, 6.45) is 16.2. The van der Waals surface area contributed by atoms with Gasteiger partial charge in [0.05, 0.1) is 0 Å². The number of hydrogen-bond acceptors (Lipinski definition) is 1. The molecule has 0 spiro atoms. The van der Waals surface area contributed by atoms with Crippen molar-refractivity contribution in [2.45, 2.75) is 117 Å². The lowest BCUT2D eigenvalue weighted by molar-refractivity contribution is 0.0409. The lowest BCUT2D eigenvalue weighted by atomic mass is 9.70. The van der Waals surface area contributed by atoms with Crippen LogP contribution in [0, 0.1) is 35.0 Å². The van der Waals surface area contributed by atoms with Crippen LogP contribution in [0.25, 0.3) is 0 Å². The first-order chi connectivity index (χ1) is 13.5. The monoisotopic (exact) mass is 501 g/mol. The Balaban J connectivity index is 1.93. The molecular formula is C26H48IN. The third kappa shape index (κ3) is 4.94. The predicted octanol–water partition coefficient (Wildman–Crippen LogP) is 7.96. The largest absolute Gasteiger partial charge is 0.298 e. The lowest BCUT2D eigenvalue weighted by Crippen LogP contribution is -2.47. The van der Waals surface area contributed by atoms with E-state index >= 15 is 0 Å². The Bertz CT molecular complexity index is 479. The quantitative estimate of drug-likeness (QED) is 0.273. The van der Waals surface area contributed by atoms with Gasteiger partial charge in [0.2, 0.25) is 0 Å². The molecule has 3 rings (SSSR count). The van der Waals surface area contributed by atoms with Gasteiger partial charge in [-0.3, -0.25) is 4.90 Å². The Labute approximate surface area is 190 Å². The van der Waals surface area contributed by atoms with Crippen molar-refractivity contribution in [2.24, 2.45) is 35.0 Å². The molecule has 3 aliphatic rings. The van der Waals surface area contributed by atoms with Crippen molar-refractivity contribution < 1.29 is 0 Å². The highest BCUT2D eigenvalue weighted by atomic mass is 127. The van der Waals surface area contributed by atoms with Crippen molar-refractivity contribution >= 4 is 22.6 Å². The zero-order valence-electron chi connectivity index (χ0n) is 19.6. The first-order valence-corrected chi connectivity index (χ1v) is 14.3. The molecule has 1 heterocycles. The molecule has 0 radical (unpaired) electrons. The first-order valence-electron chi connectivity index (χ1n) is 12.8. The highest BCUT2D eigenvalue weighted by Gasteiger charge is 2.49. The Morgan fingerprint density at radius 3 is 2.25 bits per heavy atom. The third-order valence-corrected chi connectivity index (χ3v) is 11.1. The van der Waals surface area contributed by atoms with Gasteiger partial charge in [-0.15, -0.1) is 0 Å². The second-order valence-electron chi connectivity index (χ2n) is 11.1. The Morgan fingerprint density at radius 1 is 0.893 bits per heavy atom. The molecule has 2 bridgehead atoms. The van der Waals surface area contributed by atoms with Crippen LogP contribution in [0.1, 0.15) is 105 Å².